The molecule has 0 aromatic rings. The van der Waals surface area contributed by atoms with Crippen molar-refractivity contribution in [1.29, 1.82) is 0 Å². The first-order valence-corrected chi connectivity index (χ1v) is 12.1. The first-order chi connectivity index (χ1) is 5.17. The summed E-state index contributed by atoms with van der Waals surface area (Å²) < 4.78 is 0. The highest BCUT2D eigenvalue weighted by molar-refractivity contribution is 6.82. The van der Waals surface area contributed by atoms with Crippen LogP contribution in [0.3, 0.4) is 0 Å². The van der Waals surface area contributed by atoms with Crippen LogP contribution in [0.25, 0.3) is 0 Å². The first-order valence-electron chi connectivity index (χ1n) is 4.79. The van der Waals surface area contributed by atoms with Crippen molar-refractivity contribution in [3.63, 3.8) is 0 Å². The Labute approximate surface area is 80.1 Å². The zero-order chi connectivity index (χ0) is 9.99. The average molecular weight is 200 g/mol. The maximum atomic E-state index is 3.97. The summed E-state index contributed by atoms with van der Waals surface area (Å²) >= 11 is 0. The normalized spacial score (nSPS) is 15.8. The fraction of sp³-hybridized carbons (Fsp3) is 0.800. The molecule has 0 rings (SSSR count). The molecular weight excluding hydrogens is 176 g/mol. The molecule has 0 fully saturated rings. The topological polar surface area (TPSA) is 0 Å². The first kappa shape index (κ1) is 12.2. The van der Waals surface area contributed by atoms with Gasteiger partial charge >= 0.3 is 0 Å². The molecule has 0 N–H and O–H groups in total. The monoisotopic (exact) mass is 200 g/mol. The van der Waals surface area contributed by atoms with E-state index in [-0.39, 0.29) is 0 Å². The average Bonchev–Trinajstić information content (AvgIpc) is 1.78. The predicted octanol–water partition coefficient (Wildman–Crippen LogP) is 4.22. The van der Waals surface area contributed by atoms with Gasteiger partial charge in [-0.25, -0.2) is 0 Å². The second-order valence-corrected chi connectivity index (χ2v) is 17.0. The van der Waals surface area contributed by atoms with E-state index in [9.17, 15) is 0 Å². The molecule has 12 heavy (non-hydrogen) atoms. The van der Waals surface area contributed by atoms with E-state index in [1.165, 1.54) is 6.04 Å². The summed E-state index contributed by atoms with van der Waals surface area (Å²) in [4.78, 5) is 0. The fourth-order valence-electron chi connectivity index (χ4n) is 1.40. The molecule has 0 heterocycles. The highest BCUT2D eigenvalue weighted by Gasteiger charge is 2.28. The van der Waals surface area contributed by atoms with E-state index in [2.05, 4.69) is 51.9 Å². The second-order valence-electron chi connectivity index (χ2n) is 5.97. The minimum absolute atomic E-state index is 0.823. The van der Waals surface area contributed by atoms with Crippen LogP contribution in [-0.2, 0) is 0 Å². The lowest BCUT2D eigenvalue weighted by Crippen LogP contribution is -2.33. The van der Waals surface area contributed by atoms with Crippen LogP contribution in [0, 0.1) is 0 Å². The Hall–Kier alpha value is 0.174. The summed E-state index contributed by atoms with van der Waals surface area (Å²) in [5.74, 6) is 0. The van der Waals surface area contributed by atoms with Crippen molar-refractivity contribution in [2.75, 3.05) is 0 Å². The van der Waals surface area contributed by atoms with Crippen molar-refractivity contribution in [1.82, 2.24) is 0 Å². The van der Waals surface area contributed by atoms with E-state index in [1.54, 1.807) is 0 Å². The second kappa shape index (κ2) is 3.92. The molecular formula is C10H24Si2. The Morgan fingerprint density at radius 2 is 1.50 bits per heavy atom. The van der Waals surface area contributed by atoms with Gasteiger partial charge in [0.1, 0.15) is 0 Å². The lowest BCUT2D eigenvalue weighted by atomic mass is 10.5. The van der Waals surface area contributed by atoms with E-state index in [1.807, 2.05) is 0 Å². The zero-order valence-corrected chi connectivity index (χ0v) is 11.6. The molecule has 0 spiro atoms. The molecule has 72 valence electrons. The minimum atomic E-state index is -0.980. The number of rotatable bonds is 4. The van der Waals surface area contributed by atoms with E-state index >= 15 is 0 Å². The Morgan fingerprint density at radius 3 is 1.58 bits per heavy atom. The molecule has 0 aliphatic carbocycles. The zero-order valence-electron chi connectivity index (χ0n) is 9.57. The maximum Gasteiger partial charge on any atom is 0.0509 e. The van der Waals surface area contributed by atoms with Crippen LogP contribution in [0.15, 0.2) is 12.7 Å². The van der Waals surface area contributed by atoms with Crippen LogP contribution in [0.5, 0.6) is 0 Å². The van der Waals surface area contributed by atoms with Crippen molar-refractivity contribution in [3.8, 4) is 0 Å². The number of allylic oxidation sites excluding steroid dienone is 1. The molecule has 0 amide bonds. The third-order valence-electron chi connectivity index (χ3n) is 2.23. The fourth-order valence-corrected chi connectivity index (χ4v) is 7.88. The van der Waals surface area contributed by atoms with Crippen LogP contribution in [0.4, 0.5) is 0 Å². The van der Waals surface area contributed by atoms with Crippen LogP contribution in [-0.4, -0.2) is 16.1 Å². The van der Waals surface area contributed by atoms with Gasteiger partial charge in [-0.1, -0.05) is 51.4 Å². The Kier molecular flexibility index (Phi) is 3.98. The summed E-state index contributed by atoms with van der Waals surface area (Å²) in [5.41, 5.74) is 0.823. The Balaban J connectivity index is 4.30. The third-order valence-corrected chi connectivity index (χ3v) is 6.97. The molecule has 0 aliphatic rings. The lowest BCUT2D eigenvalue weighted by molar-refractivity contribution is 1.09. The maximum absolute atomic E-state index is 3.97. The Bertz CT molecular complexity index is 148. The van der Waals surface area contributed by atoms with E-state index < -0.39 is 16.1 Å². The van der Waals surface area contributed by atoms with E-state index in [4.69, 9.17) is 0 Å². The molecule has 0 saturated carbocycles. The van der Waals surface area contributed by atoms with Gasteiger partial charge in [0.15, 0.2) is 0 Å². The molecule has 0 aromatic heterocycles. The van der Waals surface area contributed by atoms with Gasteiger partial charge in [-0.05, 0) is 5.54 Å². The van der Waals surface area contributed by atoms with Gasteiger partial charge in [0.05, 0.1) is 8.07 Å². The summed E-state index contributed by atoms with van der Waals surface area (Å²) in [7, 11) is -1.87. The molecule has 0 nitrogen and oxygen atoms in total. The molecule has 0 saturated heterocycles. The van der Waals surface area contributed by atoms with Crippen LogP contribution < -0.4 is 0 Å². The minimum Gasteiger partial charge on any atom is -0.103 e. The molecule has 1 unspecified atom stereocenters. The smallest absolute Gasteiger partial charge is 0.0509 e. The number of hydrogen-bond acceptors (Lipinski definition) is 0. The molecule has 0 radical (unpaired) electrons. The van der Waals surface area contributed by atoms with Crippen LogP contribution in [0.2, 0.25) is 50.9 Å². The van der Waals surface area contributed by atoms with Gasteiger partial charge in [-0.2, -0.15) is 0 Å². The lowest BCUT2D eigenvalue weighted by Gasteiger charge is -2.31. The van der Waals surface area contributed by atoms with Gasteiger partial charge in [-0.3, -0.25) is 0 Å². The highest BCUT2D eigenvalue weighted by Crippen LogP contribution is 2.31. The van der Waals surface area contributed by atoms with E-state index in [0.29, 0.717) is 0 Å². The third kappa shape index (κ3) is 4.93. The molecule has 0 aromatic carbocycles. The largest absolute Gasteiger partial charge is 0.103 e. The SMILES string of the molecule is C=CC(C[Si](C)(C)C)[Si](C)(C)C. The van der Waals surface area contributed by atoms with Gasteiger partial charge in [0.2, 0.25) is 0 Å². The van der Waals surface area contributed by atoms with Crippen molar-refractivity contribution in [3.05, 3.63) is 12.7 Å². The molecule has 2 heteroatoms. The summed E-state index contributed by atoms with van der Waals surface area (Å²) in [6, 6.07) is 1.42. The van der Waals surface area contributed by atoms with Crippen molar-refractivity contribution in [2.24, 2.45) is 0 Å². The molecule has 0 aliphatic heterocycles. The van der Waals surface area contributed by atoms with Gasteiger partial charge < -0.3 is 0 Å². The van der Waals surface area contributed by atoms with Gasteiger partial charge in [-0.15, -0.1) is 6.58 Å². The van der Waals surface area contributed by atoms with Crippen LogP contribution >= 0.6 is 0 Å². The molecule has 0 bridgehead atoms. The number of hydrogen-bond donors (Lipinski definition) is 0. The van der Waals surface area contributed by atoms with Crippen molar-refractivity contribution < 1.29 is 0 Å². The highest BCUT2D eigenvalue weighted by atomic mass is 28.3. The standard InChI is InChI=1S/C10H24Si2/c1-8-10(12(5,6)7)9-11(2,3)4/h8,10H,1,9H2,2-7H3. The Morgan fingerprint density at radius 1 is 1.08 bits per heavy atom. The molecule has 1 atom stereocenters. The summed E-state index contributed by atoms with van der Waals surface area (Å²) in [6.45, 7) is 18.6. The summed E-state index contributed by atoms with van der Waals surface area (Å²) in [6.07, 6.45) is 2.20. The van der Waals surface area contributed by atoms with E-state index in [0.717, 1.165) is 5.54 Å². The van der Waals surface area contributed by atoms with Gasteiger partial charge in [0.25, 0.3) is 0 Å². The van der Waals surface area contributed by atoms with Gasteiger partial charge in [0, 0.05) is 8.07 Å². The van der Waals surface area contributed by atoms with Crippen LogP contribution in [0.1, 0.15) is 0 Å². The predicted molar refractivity (Wildman–Crippen MR) is 65.4 cm³/mol. The quantitative estimate of drug-likeness (QED) is 0.471. The summed E-state index contributed by atoms with van der Waals surface area (Å²) in [5, 5.41) is 0. The van der Waals surface area contributed by atoms with Crippen molar-refractivity contribution in [2.45, 2.75) is 50.9 Å². The van der Waals surface area contributed by atoms with Crippen molar-refractivity contribution >= 4 is 16.1 Å².